The van der Waals surface area contributed by atoms with E-state index < -0.39 is 17.6 Å². The predicted molar refractivity (Wildman–Crippen MR) is 160 cm³/mol. The van der Waals surface area contributed by atoms with E-state index in [9.17, 15) is 14.4 Å². The number of aromatic nitrogens is 1. The number of amides is 1. The first-order valence-electron chi connectivity index (χ1n) is 12.9. The van der Waals surface area contributed by atoms with E-state index in [1.54, 1.807) is 55.1 Å². The molecule has 4 aromatic rings. The lowest BCUT2D eigenvalue weighted by molar-refractivity contribution is -0.139. The molecule has 10 heteroatoms. The summed E-state index contributed by atoms with van der Waals surface area (Å²) in [5, 5.41) is 1.13. The lowest BCUT2D eigenvalue weighted by atomic mass is 9.96. The van der Waals surface area contributed by atoms with Crippen LogP contribution in [0, 0.1) is 0 Å². The molecule has 0 saturated heterocycles. The number of para-hydroxylation sites is 1. The maximum absolute atomic E-state index is 14.2. The van der Waals surface area contributed by atoms with Crippen LogP contribution in [0.15, 0.2) is 93.9 Å². The molecule has 1 amide bonds. The van der Waals surface area contributed by atoms with Gasteiger partial charge in [-0.15, -0.1) is 0 Å². The predicted octanol–water partition coefficient (Wildman–Crippen LogP) is 5.02. The van der Waals surface area contributed by atoms with E-state index in [1.165, 1.54) is 4.57 Å². The summed E-state index contributed by atoms with van der Waals surface area (Å²) >= 11 is 13.4. The second-order valence-electron chi connectivity index (χ2n) is 9.58. The first-order chi connectivity index (χ1) is 19.8. The summed E-state index contributed by atoms with van der Waals surface area (Å²) in [6, 6.07) is 20.9. The van der Waals surface area contributed by atoms with Crippen molar-refractivity contribution in [3.63, 3.8) is 0 Å². The molecular weight excluding hydrogens is 581 g/mol. The second-order valence-corrected chi connectivity index (χ2v) is 11.4. The molecule has 0 N–H and O–H groups in total. The SMILES string of the molecule is CCOC(=O)C1=C(C)N=c2s/c(=C3/C(=O)N(Cc4ccc(Cl)cc4)c4ccccc43)c(=O)n2[C@H]1c1ccc(Cl)cc1. The number of halogens is 2. The molecule has 3 aromatic carbocycles. The number of allylic oxidation sites excluding steroid dienone is 1. The molecule has 41 heavy (non-hydrogen) atoms. The highest BCUT2D eigenvalue weighted by atomic mass is 35.5. The van der Waals surface area contributed by atoms with Gasteiger partial charge >= 0.3 is 5.97 Å². The van der Waals surface area contributed by atoms with Crippen LogP contribution < -0.4 is 19.8 Å². The fraction of sp³-hybridized carbons (Fsp3) is 0.161. The van der Waals surface area contributed by atoms with E-state index in [0.717, 1.165) is 16.9 Å². The number of benzene rings is 3. The normalized spacial score (nSPS) is 17.3. The third-order valence-electron chi connectivity index (χ3n) is 7.08. The topological polar surface area (TPSA) is 81.0 Å². The molecule has 0 aliphatic carbocycles. The largest absolute Gasteiger partial charge is 0.463 e. The molecule has 6 rings (SSSR count). The van der Waals surface area contributed by atoms with Gasteiger partial charge in [0.1, 0.15) is 4.53 Å². The number of nitrogens with zero attached hydrogens (tertiary/aromatic N) is 3. The summed E-state index contributed by atoms with van der Waals surface area (Å²) in [6.07, 6.45) is 0. The Hall–Kier alpha value is -3.98. The quantitative estimate of drug-likeness (QED) is 0.300. The Morgan fingerprint density at radius 3 is 2.32 bits per heavy atom. The fourth-order valence-corrected chi connectivity index (χ4v) is 6.62. The molecule has 0 radical (unpaired) electrons. The van der Waals surface area contributed by atoms with E-state index >= 15 is 0 Å². The van der Waals surface area contributed by atoms with Gasteiger partial charge in [-0.25, -0.2) is 9.79 Å². The van der Waals surface area contributed by atoms with Crippen LogP contribution in [0.4, 0.5) is 5.69 Å². The Morgan fingerprint density at radius 1 is 0.976 bits per heavy atom. The van der Waals surface area contributed by atoms with Crippen LogP contribution in [0.3, 0.4) is 0 Å². The molecule has 1 aromatic heterocycles. The van der Waals surface area contributed by atoms with Gasteiger partial charge in [0.15, 0.2) is 4.80 Å². The Kier molecular flexibility index (Phi) is 7.15. The lowest BCUT2D eigenvalue weighted by Crippen LogP contribution is -2.41. The van der Waals surface area contributed by atoms with Crippen LogP contribution in [0.25, 0.3) is 5.57 Å². The van der Waals surface area contributed by atoms with E-state index in [4.69, 9.17) is 27.9 Å². The van der Waals surface area contributed by atoms with E-state index in [1.807, 2.05) is 36.4 Å². The van der Waals surface area contributed by atoms with Crippen LogP contribution >= 0.6 is 34.5 Å². The number of rotatable bonds is 5. The van der Waals surface area contributed by atoms with Crippen molar-refractivity contribution in [1.82, 2.24) is 4.57 Å². The number of anilines is 1. The minimum Gasteiger partial charge on any atom is -0.463 e. The average molecular weight is 605 g/mol. The van der Waals surface area contributed by atoms with Crippen molar-refractivity contribution in [1.29, 1.82) is 0 Å². The molecular formula is C31H23Cl2N3O4S. The van der Waals surface area contributed by atoms with Gasteiger partial charge in [0.05, 0.1) is 41.7 Å². The van der Waals surface area contributed by atoms with Crippen molar-refractivity contribution in [3.8, 4) is 0 Å². The number of hydrogen-bond acceptors (Lipinski definition) is 6. The molecule has 0 spiro atoms. The van der Waals surface area contributed by atoms with Gasteiger partial charge in [0.25, 0.3) is 11.5 Å². The first kappa shape index (κ1) is 27.2. The molecule has 0 fully saturated rings. The van der Waals surface area contributed by atoms with Crippen molar-refractivity contribution >= 4 is 57.7 Å². The van der Waals surface area contributed by atoms with Gasteiger partial charge in [-0.05, 0) is 55.3 Å². The second kappa shape index (κ2) is 10.8. The molecule has 1 atom stereocenters. The number of ether oxygens (including phenoxy) is 1. The molecule has 3 heterocycles. The van der Waals surface area contributed by atoms with Crippen molar-refractivity contribution in [3.05, 3.63) is 130 Å². The molecule has 0 saturated carbocycles. The smallest absolute Gasteiger partial charge is 0.338 e. The molecule has 7 nitrogen and oxygen atoms in total. The maximum Gasteiger partial charge on any atom is 0.338 e. The molecule has 0 unspecified atom stereocenters. The average Bonchev–Trinajstić information content (AvgIpc) is 3.42. The highest BCUT2D eigenvalue weighted by Crippen LogP contribution is 2.37. The Balaban J connectivity index is 1.56. The summed E-state index contributed by atoms with van der Waals surface area (Å²) in [5.74, 6) is -0.834. The van der Waals surface area contributed by atoms with Crippen LogP contribution in [-0.4, -0.2) is 23.1 Å². The minimum absolute atomic E-state index is 0.173. The Labute approximate surface area is 249 Å². The van der Waals surface area contributed by atoms with E-state index in [0.29, 0.717) is 49.5 Å². The first-order valence-corrected chi connectivity index (χ1v) is 14.5. The van der Waals surface area contributed by atoms with Crippen LogP contribution in [0.5, 0.6) is 0 Å². The van der Waals surface area contributed by atoms with Gasteiger partial charge < -0.3 is 9.64 Å². The van der Waals surface area contributed by atoms with E-state index in [-0.39, 0.29) is 22.6 Å². The van der Waals surface area contributed by atoms with Gasteiger partial charge in [-0.3, -0.25) is 14.2 Å². The highest BCUT2D eigenvalue weighted by Gasteiger charge is 2.37. The summed E-state index contributed by atoms with van der Waals surface area (Å²) in [6.45, 7) is 3.93. The van der Waals surface area contributed by atoms with Crippen molar-refractivity contribution < 1.29 is 14.3 Å². The van der Waals surface area contributed by atoms with Crippen molar-refractivity contribution in [2.24, 2.45) is 4.99 Å². The lowest BCUT2D eigenvalue weighted by Gasteiger charge is -2.24. The van der Waals surface area contributed by atoms with Gasteiger partial charge in [0, 0.05) is 15.6 Å². The summed E-state index contributed by atoms with van der Waals surface area (Å²) in [5.41, 5.74) is 3.57. The molecule has 2 aliphatic heterocycles. The Bertz CT molecular complexity index is 1930. The number of esters is 1. The number of carbonyl (C=O) groups excluding carboxylic acids is 2. The number of fused-ring (bicyclic) bond motifs is 2. The molecule has 2 aliphatic rings. The molecule has 0 bridgehead atoms. The highest BCUT2D eigenvalue weighted by molar-refractivity contribution is 7.07. The third-order valence-corrected chi connectivity index (χ3v) is 8.64. The minimum atomic E-state index is -0.797. The van der Waals surface area contributed by atoms with Crippen LogP contribution in [0.1, 0.15) is 36.6 Å². The zero-order chi connectivity index (χ0) is 28.8. The fourth-order valence-electron chi connectivity index (χ4n) is 5.23. The van der Waals surface area contributed by atoms with Gasteiger partial charge in [-0.1, -0.05) is 77.0 Å². The summed E-state index contributed by atoms with van der Waals surface area (Å²) in [4.78, 5) is 48.1. The van der Waals surface area contributed by atoms with E-state index in [2.05, 4.69) is 4.99 Å². The molecule has 206 valence electrons. The van der Waals surface area contributed by atoms with Crippen molar-refractivity contribution in [2.45, 2.75) is 26.4 Å². The maximum atomic E-state index is 14.2. The summed E-state index contributed by atoms with van der Waals surface area (Å²) < 4.78 is 7.10. The summed E-state index contributed by atoms with van der Waals surface area (Å²) in [7, 11) is 0. The zero-order valence-corrected chi connectivity index (χ0v) is 24.4. The van der Waals surface area contributed by atoms with Crippen molar-refractivity contribution in [2.75, 3.05) is 11.5 Å². The standard InChI is InChI=1S/C31H23Cl2N3O4S/c1-3-40-30(39)24-17(2)34-31-36(26(24)19-10-14-21(33)15-11-19)29(38)27(41-31)25-22-6-4-5-7-23(22)35(28(25)37)16-18-8-12-20(32)13-9-18/h4-15,26H,3,16H2,1-2H3/b27-25+/t26-/m0/s1. The van der Waals surface area contributed by atoms with Gasteiger partial charge in [-0.2, -0.15) is 0 Å². The number of hydrogen-bond donors (Lipinski definition) is 0. The third kappa shape index (κ3) is 4.72. The van der Waals surface area contributed by atoms with Crippen LogP contribution in [0.2, 0.25) is 10.0 Å². The Morgan fingerprint density at radius 2 is 1.63 bits per heavy atom. The zero-order valence-electron chi connectivity index (χ0n) is 22.1. The monoisotopic (exact) mass is 603 g/mol. The van der Waals surface area contributed by atoms with Crippen LogP contribution in [-0.2, 0) is 20.9 Å². The number of carbonyl (C=O) groups is 2. The number of thiazole rings is 1. The van der Waals surface area contributed by atoms with Gasteiger partial charge in [0.2, 0.25) is 0 Å².